The fourth-order valence-corrected chi connectivity index (χ4v) is 4.83. The molecule has 0 fully saturated rings. The van der Waals surface area contributed by atoms with Crippen LogP contribution in [0.5, 0.6) is 0 Å². The first kappa shape index (κ1) is 28.9. The molecule has 0 N–H and O–H groups in total. The van der Waals surface area contributed by atoms with Crippen LogP contribution in [0, 0.1) is 6.92 Å². The van der Waals surface area contributed by atoms with Gasteiger partial charge in [-0.05, 0) is 30.9 Å². The molecule has 0 saturated carbocycles. The molecular formula is C26H46INa. The normalized spacial score (nSPS) is 12.0. The summed E-state index contributed by atoms with van der Waals surface area (Å²) in [6, 6.07) is 8.87. The Bertz CT molecular complexity index is 452. The van der Waals surface area contributed by atoms with Crippen LogP contribution in [-0.2, 0) is 6.42 Å². The largest absolute Gasteiger partial charge is 1.00 e. The molecule has 0 radical (unpaired) electrons. The SMILES string of the molecule is CCCCCCCCCCCCCCCCCC(I)Cc1ccccc1C.[H-].[Na+]. The van der Waals surface area contributed by atoms with Gasteiger partial charge in [0, 0.05) is 3.92 Å². The summed E-state index contributed by atoms with van der Waals surface area (Å²) in [5.74, 6) is 0. The Morgan fingerprint density at radius 1 is 0.714 bits per heavy atom. The molecular weight excluding hydrogens is 462 g/mol. The standard InChI is InChI=1S/C26H45I.Na.H/c1-3-4-5-6-7-8-9-10-11-12-13-14-15-16-17-22-26(27)23-25-21-19-18-20-24(25)2;;/h18-21,26H,3-17,22-23H2,1-2H3;;/q;+1;-1. The van der Waals surface area contributed by atoms with Crippen molar-refractivity contribution >= 4 is 22.6 Å². The Kier molecular flexibility index (Phi) is 21.9. The summed E-state index contributed by atoms with van der Waals surface area (Å²) in [6.45, 7) is 4.54. The molecule has 1 unspecified atom stereocenters. The van der Waals surface area contributed by atoms with Gasteiger partial charge >= 0.3 is 29.6 Å². The summed E-state index contributed by atoms with van der Waals surface area (Å²) in [5.41, 5.74) is 2.99. The molecule has 0 aromatic heterocycles. The van der Waals surface area contributed by atoms with Gasteiger partial charge in [-0.3, -0.25) is 0 Å². The van der Waals surface area contributed by atoms with E-state index in [1.807, 2.05) is 0 Å². The maximum absolute atomic E-state index is 2.66. The van der Waals surface area contributed by atoms with Crippen molar-refractivity contribution in [2.45, 2.75) is 127 Å². The van der Waals surface area contributed by atoms with Gasteiger partial charge in [0.15, 0.2) is 0 Å². The van der Waals surface area contributed by atoms with E-state index in [9.17, 15) is 0 Å². The molecule has 1 atom stereocenters. The van der Waals surface area contributed by atoms with Gasteiger partial charge in [0.1, 0.15) is 0 Å². The van der Waals surface area contributed by atoms with Crippen molar-refractivity contribution in [1.82, 2.24) is 0 Å². The number of halogens is 1. The first-order valence-electron chi connectivity index (χ1n) is 11.9. The van der Waals surface area contributed by atoms with Crippen LogP contribution in [0.15, 0.2) is 24.3 Å². The van der Waals surface area contributed by atoms with Gasteiger partial charge in [0.25, 0.3) is 0 Å². The molecule has 0 aliphatic heterocycles. The van der Waals surface area contributed by atoms with Crippen molar-refractivity contribution < 1.29 is 31.0 Å². The molecule has 158 valence electrons. The second-order valence-electron chi connectivity index (χ2n) is 8.47. The number of unbranched alkanes of at least 4 members (excludes halogenated alkanes) is 14. The van der Waals surface area contributed by atoms with E-state index in [-0.39, 0.29) is 31.0 Å². The van der Waals surface area contributed by atoms with Crippen LogP contribution >= 0.6 is 22.6 Å². The molecule has 2 heteroatoms. The monoisotopic (exact) mass is 508 g/mol. The molecule has 0 aliphatic rings. The van der Waals surface area contributed by atoms with Crippen LogP contribution in [0.1, 0.15) is 122 Å². The topological polar surface area (TPSA) is 0 Å². The minimum Gasteiger partial charge on any atom is -1.00 e. The molecule has 0 nitrogen and oxygen atoms in total. The molecule has 0 heterocycles. The molecule has 0 spiro atoms. The molecule has 28 heavy (non-hydrogen) atoms. The van der Waals surface area contributed by atoms with Crippen LogP contribution in [0.25, 0.3) is 0 Å². The van der Waals surface area contributed by atoms with Crippen molar-refractivity contribution in [3.63, 3.8) is 0 Å². The zero-order valence-corrected chi connectivity index (χ0v) is 23.4. The molecule has 0 bridgehead atoms. The zero-order valence-electron chi connectivity index (χ0n) is 20.3. The predicted molar refractivity (Wildman–Crippen MR) is 133 cm³/mol. The van der Waals surface area contributed by atoms with E-state index in [4.69, 9.17) is 0 Å². The number of alkyl halides is 1. The quantitative estimate of drug-likeness (QED) is 0.0894. The molecule has 0 aliphatic carbocycles. The van der Waals surface area contributed by atoms with Gasteiger partial charge in [-0.15, -0.1) is 0 Å². The van der Waals surface area contributed by atoms with Crippen LogP contribution in [0.4, 0.5) is 0 Å². The van der Waals surface area contributed by atoms with Crippen LogP contribution in [0.2, 0.25) is 0 Å². The molecule has 0 amide bonds. The number of rotatable bonds is 18. The van der Waals surface area contributed by atoms with Crippen molar-refractivity contribution in [3.8, 4) is 0 Å². The Labute approximate surface area is 214 Å². The van der Waals surface area contributed by atoms with E-state index >= 15 is 0 Å². The van der Waals surface area contributed by atoms with E-state index < -0.39 is 0 Å². The Morgan fingerprint density at radius 3 is 1.61 bits per heavy atom. The fraction of sp³-hybridized carbons (Fsp3) is 0.769. The van der Waals surface area contributed by atoms with Crippen molar-refractivity contribution in [2.75, 3.05) is 0 Å². The summed E-state index contributed by atoms with van der Waals surface area (Å²) in [7, 11) is 0. The fourth-order valence-electron chi connectivity index (χ4n) is 3.92. The number of benzene rings is 1. The van der Waals surface area contributed by atoms with Crippen LogP contribution in [-0.4, -0.2) is 3.92 Å². The Hall–Kier alpha value is 0.950. The number of hydrogen-bond donors (Lipinski definition) is 0. The first-order chi connectivity index (χ1) is 13.2. The zero-order chi connectivity index (χ0) is 19.6. The predicted octanol–water partition coefficient (Wildman–Crippen LogP) is 6.72. The van der Waals surface area contributed by atoms with E-state index in [0.29, 0.717) is 0 Å². The third kappa shape index (κ3) is 16.7. The second-order valence-corrected chi connectivity index (χ2v) is 10.2. The van der Waals surface area contributed by atoms with Gasteiger partial charge in [-0.2, -0.15) is 0 Å². The van der Waals surface area contributed by atoms with E-state index in [2.05, 4.69) is 60.7 Å². The summed E-state index contributed by atoms with van der Waals surface area (Å²) in [5, 5.41) is 0. The molecule has 1 aromatic carbocycles. The van der Waals surface area contributed by atoms with E-state index in [1.54, 1.807) is 0 Å². The maximum Gasteiger partial charge on any atom is 1.00 e. The maximum atomic E-state index is 2.66. The van der Waals surface area contributed by atoms with Crippen molar-refractivity contribution in [2.24, 2.45) is 0 Å². The number of hydrogen-bond acceptors (Lipinski definition) is 0. The Balaban J connectivity index is 0. The van der Waals surface area contributed by atoms with Crippen LogP contribution < -0.4 is 29.6 Å². The summed E-state index contributed by atoms with van der Waals surface area (Å²) >= 11 is 2.66. The van der Waals surface area contributed by atoms with E-state index in [1.165, 1.54) is 120 Å². The van der Waals surface area contributed by atoms with Gasteiger partial charge in [-0.1, -0.05) is 150 Å². The Morgan fingerprint density at radius 2 is 1.14 bits per heavy atom. The van der Waals surface area contributed by atoms with Gasteiger partial charge in [-0.25, -0.2) is 0 Å². The molecule has 1 aromatic rings. The van der Waals surface area contributed by atoms with Crippen LogP contribution in [0.3, 0.4) is 0 Å². The van der Waals surface area contributed by atoms with Gasteiger partial charge in [0.05, 0.1) is 0 Å². The number of aryl methyl sites for hydroxylation is 1. The van der Waals surface area contributed by atoms with Crippen molar-refractivity contribution in [3.05, 3.63) is 35.4 Å². The van der Waals surface area contributed by atoms with Crippen molar-refractivity contribution in [1.29, 1.82) is 0 Å². The van der Waals surface area contributed by atoms with Gasteiger partial charge in [0.2, 0.25) is 0 Å². The third-order valence-electron chi connectivity index (χ3n) is 5.82. The summed E-state index contributed by atoms with van der Waals surface area (Å²) in [6.07, 6.45) is 24.4. The average molecular weight is 509 g/mol. The van der Waals surface area contributed by atoms with Gasteiger partial charge < -0.3 is 1.43 Å². The average Bonchev–Trinajstić information content (AvgIpc) is 2.66. The summed E-state index contributed by atoms with van der Waals surface area (Å²) in [4.78, 5) is 0. The minimum atomic E-state index is 0. The smallest absolute Gasteiger partial charge is 1.00 e. The molecule has 1 rings (SSSR count). The second kappa shape index (κ2) is 21.2. The summed E-state index contributed by atoms with van der Waals surface area (Å²) < 4.78 is 0.797. The van der Waals surface area contributed by atoms with E-state index in [0.717, 1.165) is 3.92 Å². The minimum absolute atomic E-state index is 0. The third-order valence-corrected chi connectivity index (χ3v) is 6.89. The first-order valence-corrected chi connectivity index (χ1v) is 13.2. The molecule has 0 saturated heterocycles.